The van der Waals surface area contributed by atoms with Crippen LogP contribution in [0.15, 0.2) is 12.1 Å². The van der Waals surface area contributed by atoms with E-state index in [4.69, 9.17) is 16.3 Å². The van der Waals surface area contributed by atoms with Crippen molar-refractivity contribution in [1.29, 1.82) is 0 Å². The van der Waals surface area contributed by atoms with Crippen LogP contribution < -0.4 is 5.32 Å². The Morgan fingerprint density at radius 1 is 1.40 bits per heavy atom. The Bertz CT molecular complexity index is 405. The summed E-state index contributed by atoms with van der Waals surface area (Å²) >= 11 is 6.30. The first-order valence-electron chi connectivity index (χ1n) is 5.37. The van der Waals surface area contributed by atoms with Crippen molar-refractivity contribution in [3.63, 3.8) is 0 Å². The molecule has 2 nitrogen and oxygen atoms in total. The van der Waals surface area contributed by atoms with Crippen LogP contribution in [0.3, 0.4) is 0 Å². The van der Waals surface area contributed by atoms with Crippen LogP contribution in [0.5, 0.6) is 0 Å². The quantitative estimate of drug-likeness (QED) is 0.729. The van der Waals surface area contributed by atoms with Crippen LogP contribution in [-0.4, -0.2) is 19.2 Å². The van der Waals surface area contributed by atoms with Gasteiger partial charge in [0.15, 0.2) is 0 Å². The Balaban J connectivity index is 2.11. The summed E-state index contributed by atoms with van der Waals surface area (Å²) in [5.41, 5.74) is 3.72. The standard InChI is InChI=1S/C12H14ClNO/c1-7-2-3-8-9-4-14-5-11(9)15-6-10(8)12(7)13/h2-3,9,11,14H,4-6H2,1H3/t9?,11-/m1/s1. The van der Waals surface area contributed by atoms with E-state index in [1.54, 1.807) is 0 Å². The second kappa shape index (κ2) is 3.48. The largest absolute Gasteiger partial charge is 0.371 e. The minimum Gasteiger partial charge on any atom is -0.371 e. The van der Waals surface area contributed by atoms with Crippen molar-refractivity contribution in [2.24, 2.45) is 0 Å². The van der Waals surface area contributed by atoms with E-state index in [1.165, 1.54) is 11.1 Å². The predicted octanol–water partition coefficient (Wildman–Crippen LogP) is 2.23. The number of ether oxygens (including phenoxy) is 1. The molecule has 0 spiro atoms. The molecule has 1 unspecified atom stereocenters. The van der Waals surface area contributed by atoms with E-state index in [-0.39, 0.29) is 0 Å². The van der Waals surface area contributed by atoms with Gasteiger partial charge in [0.2, 0.25) is 0 Å². The number of hydrogen-bond acceptors (Lipinski definition) is 2. The molecule has 3 heteroatoms. The fraction of sp³-hybridized carbons (Fsp3) is 0.500. The monoisotopic (exact) mass is 223 g/mol. The van der Waals surface area contributed by atoms with Crippen LogP contribution >= 0.6 is 11.6 Å². The molecular formula is C12H14ClNO. The van der Waals surface area contributed by atoms with Crippen LogP contribution in [0.1, 0.15) is 22.6 Å². The van der Waals surface area contributed by atoms with Crippen LogP contribution in [-0.2, 0) is 11.3 Å². The van der Waals surface area contributed by atoms with Gasteiger partial charge in [0.1, 0.15) is 0 Å². The van der Waals surface area contributed by atoms with Gasteiger partial charge < -0.3 is 10.1 Å². The van der Waals surface area contributed by atoms with Crippen molar-refractivity contribution in [2.75, 3.05) is 13.1 Å². The number of fused-ring (bicyclic) bond motifs is 3. The molecule has 3 rings (SSSR count). The highest BCUT2D eigenvalue weighted by Gasteiger charge is 2.35. The zero-order valence-corrected chi connectivity index (χ0v) is 9.47. The maximum atomic E-state index is 6.30. The third kappa shape index (κ3) is 1.40. The van der Waals surface area contributed by atoms with Gasteiger partial charge in [-0.05, 0) is 18.1 Å². The molecule has 0 amide bonds. The fourth-order valence-electron chi connectivity index (χ4n) is 2.58. The van der Waals surface area contributed by atoms with E-state index in [2.05, 4.69) is 17.4 Å². The van der Waals surface area contributed by atoms with Gasteiger partial charge >= 0.3 is 0 Å². The van der Waals surface area contributed by atoms with Gasteiger partial charge in [-0.3, -0.25) is 0 Å². The van der Waals surface area contributed by atoms with E-state index in [1.807, 2.05) is 6.92 Å². The van der Waals surface area contributed by atoms with E-state index in [9.17, 15) is 0 Å². The number of nitrogens with one attached hydrogen (secondary N) is 1. The number of benzene rings is 1. The number of aryl methyl sites for hydroxylation is 1. The lowest BCUT2D eigenvalue weighted by Gasteiger charge is -2.29. The van der Waals surface area contributed by atoms with Crippen molar-refractivity contribution in [1.82, 2.24) is 5.32 Å². The molecule has 0 bridgehead atoms. The lowest BCUT2D eigenvalue weighted by Crippen LogP contribution is -2.27. The van der Waals surface area contributed by atoms with Gasteiger partial charge in [-0.2, -0.15) is 0 Å². The Hall–Kier alpha value is -0.570. The van der Waals surface area contributed by atoms with Crippen LogP contribution in [0.4, 0.5) is 0 Å². The lowest BCUT2D eigenvalue weighted by molar-refractivity contribution is 0.0299. The number of hydrogen-bond donors (Lipinski definition) is 1. The molecular weight excluding hydrogens is 210 g/mol. The Labute approximate surface area is 94.6 Å². The molecule has 80 valence electrons. The van der Waals surface area contributed by atoms with E-state index < -0.39 is 0 Å². The molecule has 0 aliphatic carbocycles. The minimum absolute atomic E-state index is 0.344. The molecule has 2 aliphatic rings. The summed E-state index contributed by atoms with van der Waals surface area (Å²) in [7, 11) is 0. The third-order valence-corrected chi connectivity index (χ3v) is 4.00. The average molecular weight is 224 g/mol. The fourth-order valence-corrected chi connectivity index (χ4v) is 2.80. The van der Waals surface area contributed by atoms with Gasteiger partial charge in [-0.15, -0.1) is 0 Å². The molecule has 0 radical (unpaired) electrons. The lowest BCUT2D eigenvalue weighted by atomic mass is 9.89. The summed E-state index contributed by atoms with van der Waals surface area (Å²) < 4.78 is 5.82. The van der Waals surface area contributed by atoms with Crippen molar-refractivity contribution >= 4 is 11.6 Å². The highest BCUT2D eigenvalue weighted by molar-refractivity contribution is 6.32. The first-order valence-corrected chi connectivity index (χ1v) is 5.75. The van der Waals surface area contributed by atoms with Crippen molar-refractivity contribution in [3.05, 3.63) is 33.8 Å². The topological polar surface area (TPSA) is 21.3 Å². The third-order valence-electron chi connectivity index (χ3n) is 3.47. The summed E-state index contributed by atoms with van der Waals surface area (Å²) in [4.78, 5) is 0. The minimum atomic E-state index is 0.344. The molecule has 2 heterocycles. The van der Waals surface area contributed by atoms with E-state index in [0.29, 0.717) is 18.6 Å². The molecule has 1 fully saturated rings. The summed E-state index contributed by atoms with van der Waals surface area (Å²) in [6, 6.07) is 4.32. The summed E-state index contributed by atoms with van der Waals surface area (Å²) in [5, 5.41) is 4.26. The van der Waals surface area contributed by atoms with Crippen LogP contribution in [0, 0.1) is 6.92 Å². The molecule has 0 aromatic heterocycles. The number of rotatable bonds is 0. The molecule has 15 heavy (non-hydrogen) atoms. The van der Waals surface area contributed by atoms with Crippen LogP contribution in [0.25, 0.3) is 0 Å². The van der Waals surface area contributed by atoms with Gasteiger partial charge in [0, 0.05) is 29.6 Å². The van der Waals surface area contributed by atoms with Gasteiger partial charge in [-0.1, -0.05) is 23.7 Å². The van der Waals surface area contributed by atoms with E-state index >= 15 is 0 Å². The molecule has 2 aliphatic heterocycles. The SMILES string of the molecule is Cc1ccc2c(c1Cl)CO[C@@H]1CNCC21. The molecule has 1 aromatic carbocycles. The maximum Gasteiger partial charge on any atom is 0.0784 e. The van der Waals surface area contributed by atoms with Gasteiger partial charge in [0.05, 0.1) is 12.7 Å². The summed E-state index contributed by atoms with van der Waals surface area (Å²) in [6.07, 6.45) is 0.344. The summed E-state index contributed by atoms with van der Waals surface area (Å²) in [6.45, 7) is 4.69. The Morgan fingerprint density at radius 3 is 3.13 bits per heavy atom. The Morgan fingerprint density at radius 2 is 2.27 bits per heavy atom. The van der Waals surface area contributed by atoms with Crippen molar-refractivity contribution in [2.45, 2.75) is 25.6 Å². The molecule has 1 aromatic rings. The molecule has 1 saturated heterocycles. The highest BCUT2D eigenvalue weighted by atomic mass is 35.5. The van der Waals surface area contributed by atoms with Crippen molar-refractivity contribution < 1.29 is 4.74 Å². The van der Waals surface area contributed by atoms with Gasteiger partial charge in [0.25, 0.3) is 0 Å². The number of halogens is 1. The smallest absolute Gasteiger partial charge is 0.0784 e. The zero-order chi connectivity index (χ0) is 10.4. The molecule has 2 atom stereocenters. The normalized spacial score (nSPS) is 28.7. The van der Waals surface area contributed by atoms with E-state index in [0.717, 1.165) is 23.7 Å². The predicted molar refractivity (Wildman–Crippen MR) is 60.4 cm³/mol. The zero-order valence-electron chi connectivity index (χ0n) is 8.72. The first-order chi connectivity index (χ1) is 7.27. The molecule has 1 N–H and O–H groups in total. The summed E-state index contributed by atoms with van der Waals surface area (Å²) in [5.74, 6) is 0.492. The average Bonchev–Trinajstić information content (AvgIpc) is 2.71. The highest BCUT2D eigenvalue weighted by Crippen LogP contribution is 2.37. The maximum absolute atomic E-state index is 6.30. The van der Waals surface area contributed by atoms with Crippen LogP contribution in [0.2, 0.25) is 5.02 Å². The first kappa shape index (κ1) is 9.64. The Kier molecular flexibility index (Phi) is 2.23. The van der Waals surface area contributed by atoms with Gasteiger partial charge in [-0.25, -0.2) is 0 Å². The van der Waals surface area contributed by atoms with Crippen molar-refractivity contribution in [3.8, 4) is 0 Å². The second-order valence-electron chi connectivity index (χ2n) is 4.38. The second-order valence-corrected chi connectivity index (χ2v) is 4.76. The molecule has 0 saturated carbocycles.